The number of carbonyl (C=O) groups excluding carboxylic acids is 1. The van der Waals surface area contributed by atoms with Gasteiger partial charge in [0, 0.05) is 12.4 Å². The number of aromatic nitrogens is 5. The van der Waals surface area contributed by atoms with E-state index in [0.29, 0.717) is 41.3 Å². The van der Waals surface area contributed by atoms with Gasteiger partial charge in [0.1, 0.15) is 17.2 Å². The van der Waals surface area contributed by atoms with Gasteiger partial charge in [0.05, 0.1) is 37.1 Å². The first-order valence-corrected chi connectivity index (χ1v) is 10.6. The summed E-state index contributed by atoms with van der Waals surface area (Å²) in [6.07, 6.45) is 6.42. The first-order chi connectivity index (χ1) is 15.2. The van der Waals surface area contributed by atoms with E-state index in [9.17, 15) is 4.79 Å². The summed E-state index contributed by atoms with van der Waals surface area (Å²) in [7, 11) is 0. The molecule has 0 aliphatic rings. The monoisotopic (exact) mass is 436 g/mol. The molecular formula is C21H20N6O3S. The largest absolute Gasteiger partial charge is 0.492 e. The van der Waals surface area contributed by atoms with Crippen molar-refractivity contribution < 1.29 is 13.9 Å². The number of furan rings is 1. The molecule has 31 heavy (non-hydrogen) atoms. The smallest absolute Gasteiger partial charge is 0.234 e. The molecule has 1 aromatic carbocycles. The molecule has 0 saturated heterocycles. The standard InChI is InChI=1S/C21H20N6O3S/c1-2-29-18-8-4-3-7-16(18)24-19(28)14-31-21-26-25-20(17-12-22-9-10-23-17)27(21)13-15-6-5-11-30-15/h3-12H,2,13-14H2,1H3,(H,24,28). The predicted octanol–water partition coefficient (Wildman–Crippen LogP) is 3.51. The summed E-state index contributed by atoms with van der Waals surface area (Å²) < 4.78 is 12.9. The number of ether oxygens (including phenoxy) is 1. The summed E-state index contributed by atoms with van der Waals surface area (Å²) in [5.41, 5.74) is 1.22. The summed E-state index contributed by atoms with van der Waals surface area (Å²) in [5, 5.41) is 12.0. The lowest BCUT2D eigenvalue weighted by Crippen LogP contribution is -2.15. The Morgan fingerprint density at radius 1 is 1.19 bits per heavy atom. The molecule has 3 heterocycles. The maximum absolute atomic E-state index is 12.6. The molecule has 0 bridgehead atoms. The van der Waals surface area contributed by atoms with Gasteiger partial charge >= 0.3 is 0 Å². The molecule has 1 amide bonds. The van der Waals surface area contributed by atoms with Gasteiger partial charge in [-0.05, 0) is 31.2 Å². The first kappa shape index (κ1) is 20.6. The summed E-state index contributed by atoms with van der Waals surface area (Å²) in [6, 6.07) is 11.0. The van der Waals surface area contributed by atoms with Crippen molar-refractivity contribution in [1.29, 1.82) is 0 Å². The maximum atomic E-state index is 12.6. The number of rotatable bonds is 9. The quantitative estimate of drug-likeness (QED) is 0.397. The highest BCUT2D eigenvalue weighted by Crippen LogP contribution is 2.26. The van der Waals surface area contributed by atoms with E-state index < -0.39 is 0 Å². The topological polar surface area (TPSA) is 108 Å². The van der Waals surface area contributed by atoms with Crippen LogP contribution in [0.5, 0.6) is 5.75 Å². The van der Waals surface area contributed by atoms with Gasteiger partial charge in [-0.15, -0.1) is 10.2 Å². The van der Waals surface area contributed by atoms with E-state index in [4.69, 9.17) is 9.15 Å². The van der Waals surface area contributed by atoms with Crippen molar-refractivity contribution in [2.45, 2.75) is 18.6 Å². The highest BCUT2D eigenvalue weighted by molar-refractivity contribution is 7.99. The minimum Gasteiger partial charge on any atom is -0.492 e. The van der Waals surface area contributed by atoms with E-state index in [0.717, 1.165) is 5.76 Å². The third-order valence-electron chi connectivity index (χ3n) is 4.20. The average Bonchev–Trinajstić information content (AvgIpc) is 3.45. The molecule has 0 spiro atoms. The van der Waals surface area contributed by atoms with Crippen molar-refractivity contribution in [3.8, 4) is 17.3 Å². The molecule has 4 rings (SSSR count). The fourth-order valence-corrected chi connectivity index (χ4v) is 3.61. The molecule has 0 radical (unpaired) electrons. The van der Waals surface area contributed by atoms with Gasteiger partial charge in [0.15, 0.2) is 11.0 Å². The molecule has 0 atom stereocenters. The second-order valence-electron chi connectivity index (χ2n) is 6.33. The van der Waals surface area contributed by atoms with E-state index in [1.165, 1.54) is 11.8 Å². The fourth-order valence-electron chi connectivity index (χ4n) is 2.87. The van der Waals surface area contributed by atoms with Gasteiger partial charge in [0.25, 0.3) is 0 Å². The van der Waals surface area contributed by atoms with Crippen LogP contribution in [0.3, 0.4) is 0 Å². The number of para-hydroxylation sites is 2. The van der Waals surface area contributed by atoms with Crippen LogP contribution in [0.15, 0.2) is 70.8 Å². The molecule has 10 heteroatoms. The molecular weight excluding hydrogens is 416 g/mol. The lowest BCUT2D eigenvalue weighted by molar-refractivity contribution is -0.113. The van der Waals surface area contributed by atoms with Crippen LogP contribution < -0.4 is 10.1 Å². The van der Waals surface area contributed by atoms with Crippen molar-refractivity contribution in [3.05, 3.63) is 67.0 Å². The molecule has 158 valence electrons. The van der Waals surface area contributed by atoms with Crippen LogP contribution >= 0.6 is 11.8 Å². The van der Waals surface area contributed by atoms with Gasteiger partial charge in [0.2, 0.25) is 5.91 Å². The lowest BCUT2D eigenvalue weighted by atomic mass is 10.3. The van der Waals surface area contributed by atoms with Crippen molar-refractivity contribution in [2.75, 3.05) is 17.7 Å². The summed E-state index contributed by atoms with van der Waals surface area (Å²) in [4.78, 5) is 21.0. The van der Waals surface area contributed by atoms with E-state index in [1.54, 1.807) is 30.9 Å². The number of thioether (sulfide) groups is 1. The number of benzene rings is 1. The van der Waals surface area contributed by atoms with Crippen LogP contribution in [-0.2, 0) is 11.3 Å². The van der Waals surface area contributed by atoms with Crippen molar-refractivity contribution in [1.82, 2.24) is 24.7 Å². The van der Waals surface area contributed by atoms with Gasteiger partial charge in [-0.25, -0.2) is 4.98 Å². The minimum atomic E-state index is -0.175. The Labute approximate surface area is 182 Å². The van der Waals surface area contributed by atoms with Gasteiger partial charge < -0.3 is 14.5 Å². The second-order valence-corrected chi connectivity index (χ2v) is 7.27. The Bertz CT molecular complexity index is 1130. The van der Waals surface area contributed by atoms with Crippen LogP contribution in [0, 0.1) is 0 Å². The maximum Gasteiger partial charge on any atom is 0.234 e. The van der Waals surface area contributed by atoms with Crippen LogP contribution in [0.25, 0.3) is 11.5 Å². The molecule has 0 unspecified atom stereocenters. The number of nitrogens with zero attached hydrogens (tertiary/aromatic N) is 5. The van der Waals surface area contributed by atoms with Crippen molar-refractivity contribution >= 4 is 23.4 Å². The lowest BCUT2D eigenvalue weighted by Gasteiger charge is -2.11. The predicted molar refractivity (Wildman–Crippen MR) is 116 cm³/mol. The Morgan fingerprint density at radius 3 is 2.87 bits per heavy atom. The van der Waals surface area contributed by atoms with Crippen LogP contribution in [-0.4, -0.2) is 43.0 Å². The van der Waals surface area contributed by atoms with Crippen molar-refractivity contribution in [3.63, 3.8) is 0 Å². The highest BCUT2D eigenvalue weighted by Gasteiger charge is 2.18. The molecule has 1 N–H and O–H groups in total. The number of hydrogen-bond acceptors (Lipinski definition) is 8. The number of nitrogens with one attached hydrogen (secondary N) is 1. The Hall–Kier alpha value is -3.66. The second kappa shape index (κ2) is 9.90. The molecule has 0 saturated carbocycles. The van der Waals surface area contributed by atoms with Gasteiger partial charge in [-0.3, -0.25) is 14.3 Å². The third kappa shape index (κ3) is 5.10. The summed E-state index contributed by atoms with van der Waals surface area (Å²) in [5.74, 6) is 1.90. The number of hydrogen-bond donors (Lipinski definition) is 1. The Morgan fingerprint density at radius 2 is 2.10 bits per heavy atom. The van der Waals surface area contributed by atoms with Crippen LogP contribution in [0.1, 0.15) is 12.7 Å². The normalized spacial score (nSPS) is 10.7. The molecule has 4 aromatic rings. The zero-order chi connectivity index (χ0) is 21.5. The Kier molecular flexibility index (Phi) is 6.58. The summed E-state index contributed by atoms with van der Waals surface area (Å²) >= 11 is 1.28. The van der Waals surface area contributed by atoms with E-state index in [-0.39, 0.29) is 11.7 Å². The van der Waals surface area contributed by atoms with Gasteiger partial charge in [-0.2, -0.15) is 0 Å². The molecule has 0 aliphatic carbocycles. The van der Waals surface area contributed by atoms with Crippen LogP contribution in [0.2, 0.25) is 0 Å². The van der Waals surface area contributed by atoms with E-state index >= 15 is 0 Å². The third-order valence-corrected chi connectivity index (χ3v) is 5.16. The zero-order valence-corrected chi connectivity index (χ0v) is 17.6. The van der Waals surface area contributed by atoms with Gasteiger partial charge in [-0.1, -0.05) is 23.9 Å². The summed E-state index contributed by atoms with van der Waals surface area (Å²) in [6.45, 7) is 2.82. The fraction of sp³-hybridized carbons (Fsp3) is 0.190. The number of carbonyl (C=O) groups is 1. The Balaban J connectivity index is 1.50. The number of amides is 1. The zero-order valence-electron chi connectivity index (χ0n) is 16.8. The first-order valence-electron chi connectivity index (χ1n) is 9.61. The molecule has 0 aliphatic heterocycles. The number of anilines is 1. The average molecular weight is 436 g/mol. The molecule has 0 fully saturated rings. The molecule has 3 aromatic heterocycles. The SMILES string of the molecule is CCOc1ccccc1NC(=O)CSc1nnc(-c2cnccn2)n1Cc1ccco1. The van der Waals surface area contributed by atoms with Crippen molar-refractivity contribution in [2.24, 2.45) is 0 Å². The highest BCUT2D eigenvalue weighted by atomic mass is 32.2. The van der Waals surface area contributed by atoms with E-state index in [1.807, 2.05) is 41.8 Å². The van der Waals surface area contributed by atoms with Crippen LogP contribution in [0.4, 0.5) is 5.69 Å². The van der Waals surface area contributed by atoms with E-state index in [2.05, 4.69) is 25.5 Å². The minimum absolute atomic E-state index is 0.150. The molecule has 9 nitrogen and oxygen atoms in total.